The molecular formula is C21H22N2O. The van der Waals surface area contributed by atoms with E-state index in [0.717, 1.165) is 43.4 Å². The smallest absolute Gasteiger partial charge is 0.139 e. The standard InChI is InChI=1S/C21H22N2O/c24-20-7-6-18(19-8-12-22-21(19)20)11-15-23-13-9-17(10-14-23)16-4-2-1-3-5-16/h1-9,12,22,24H,10-11,13-15H2. The van der Waals surface area contributed by atoms with E-state index < -0.39 is 0 Å². The number of aromatic nitrogens is 1. The Bertz CT molecular complexity index is 864. The van der Waals surface area contributed by atoms with Gasteiger partial charge in [0.1, 0.15) is 5.75 Å². The van der Waals surface area contributed by atoms with E-state index in [0.29, 0.717) is 5.75 Å². The molecule has 1 aromatic heterocycles. The van der Waals surface area contributed by atoms with Crippen LogP contribution in [-0.2, 0) is 6.42 Å². The maximum Gasteiger partial charge on any atom is 0.139 e. The van der Waals surface area contributed by atoms with Gasteiger partial charge >= 0.3 is 0 Å². The molecule has 0 saturated carbocycles. The molecule has 122 valence electrons. The zero-order chi connectivity index (χ0) is 16.4. The summed E-state index contributed by atoms with van der Waals surface area (Å²) in [5, 5.41) is 11.0. The third-order valence-electron chi connectivity index (χ3n) is 4.93. The first-order valence-electron chi connectivity index (χ1n) is 8.56. The van der Waals surface area contributed by atoms with Crippen LogP contribution in [0.3, 0.4) is 0 Å². The number of phenols is 1. The second-order valence-corrected chi connectivity index (χ2v) is 6.41. The Morgan fingerprint density at radius 2 is 1.92 bits per heavy atom. The number of hydrogen-bond acceptors (Lipinski definition) is 2. The average molecular weight is 318 g/mol. The molecular weight excluding hydrogens is 296 g/mol. The summed E-state index contributed by atoms with van der Waals surface area (Å²) in [6.07, 6.45) is 6.37. The number of nitrogens with zero attached hydrogens (tertiary/aromatic N) is 1. The SMILES string of the molecule is Oc1ccc(CCN2CC=C(c3ccccc3)CC2)c2cc[nH]c12. The van der Waals surface area contributed by atoms with Gasteiger partial charge in [0.2, 0.25) is 0 Å². The number of fused-ring (bicyclic) bond motifs is 1. The van der Waals surface area contributed by atoms with E-state index in [1.165, 1.54) is 16.7 Å². The monoisotopic (exact) mass is 318 g/mol. The molecule has 2 heterocycles. The van der Waals surface area contributed by atoms with E-state index >= 15 is 0 Å². The van der Waals surface area contributed by atoms with Gasteiger partial charge < -0.3 is 10.1 Å². The summed E-state index contributed by atoms with van der Waals surface area (Å²) in [4.78, 5) is 5.61. The van der Waals surface area contributed by atoms with E-state index in [1.54, 1.807) is 6.07 Å². The van der Waals surface area contributed by atoms with Gasteiger partial charge in [-0.05, 0) is 41.7 Å². The van der Waals surface area contributed by atoms with Crippen LogP contribution in [0.25, 0.3) is 16.5 Å². The Kier molecular flexibility index (Phi) is 4.09. The number of aromatic hydroxyl groups is 1. The van der Waals surface area contributed by atoms with Gasteiger partial charge in [0.15, 0.2) is 0 Å². The minimum absolute atomic E-state index is 0.326. The number of nitrogens with one attached hydrogen (secondary N) is 1. The highest BCUT2D eigenvalue weighted by molar-refractivity contribution is 5.88. The Morgan fingerprint density at radius 3 is 2.71 bits per heavy atom. The topological polar surface area (TPSA) is 39.3 Å². The molecule has 2 aromatic carbocycles. The van der Waals surface area contributed by atoms with E-state index in [1.807, 2.05) is 18.3 Å². The molecule has 0 bridgehead atoms. The molecule has 1 aliphatic heterocycles. The van der Waals surface area contributed by atoms with Gasteiger partial charge in [0.25, 0.3) is 0 Å². The molecule has 0 unspecified atom stereocenters. The van der Waals surface area contributed by atoms with E-state index in [-0.39, 0.29) is 0 Å². The molecule has 0 aliphatic carbocycles. The van der Waals surface area contributed by atoms with Crippen molar-refractivity contribution in [2.24, 2.45) is 0 Å². The van der Waals surface area contributed by atoms with Crippen molar-refractivity contribution >= 4 is 16.5 Å². The molecule has 3 nitrogen and oxygen atoms in total. The van der Waals surface area contributed by atoms with Gasteiger partial charge in [-0.2, -0.15) is 0 Å². The zero-order valence-electron chi connectivity index (χ0n) is 13.7. The summed E-state index contributed by atoms with van der Waals surface area (Å²) in [6.45, 7) is 3.16. The summed E-state index contributed by atoms with van der Waals surface area (Å²) >= 11 is 0. The molecule has 0 radical (unpaired) electrons. The second kappa shape index (κ2) is 6.54. The lowest BCUT2D eigenvalue weighted by molar-refractivity contribution is 0.306. The van der Waals surface area contributed by atoms with Crippen LogP contribution in [0.2, 0.25) is 0 Å². The molecule has 4 rings (SSSR count). The molecule has 24 heavy (non-hydrogen) atoms. The van der Waals surface area contributed by atoms with Gasteiger partial charge in [-0.3, -0.25) is 4.90 Å². The molecule has 1 aliphatic rings. The molecule has 0 amide bonds. The van der Waals surface area contributed by atoms with Crippen LogP contribution in [0, 0.1) is 0 Å². The van der Waals surface area contributed by atoms with Crippen LogP contribution in [-0.4, -0.2) is 34.6 Å². The van der Waals surface area contributed by atoms with Crippen molar-refractivity contribution < 1.29 is 5.11 Å². The van der Waals surface area contributed by atoms with Gasteiger partial charge in [0, 0.05) is 31.2 Å². The van der Waals surface area contributed by atoms with Crippen molar-refractivity contribution in [1.82, 2.24) is 9.88 Å². The number of hydrogen-bond donors (Lipinski definition) is 2. The number of aromatic amines is 1. The molecule has 0 spiro atoms. The summed E-state index contributed by atoms with van der Waals surface area (Å²) in [7, 11) is 0. The predicted molar refractivity (Wildman–Crippen MR) is 99.1 cm³/mol. The third-order valence-corrected chi connectivity index (χ3v) is 4.93. The predicted octanol–water partition coefficient (Wildman–Crippen LogP) is 4.21. The summed E-state index contributed by atoms with van der Waals surface area (Å²) < 4.78 is 0. The van der Waals surface area contributed by atoms with Crippen molar-refractivity contribution in [1.29, 1.82) is 0 Å². The van der Waals surface area contributed by atoms with Crippen LogP contribution < -0.4 is 0 Å². The number of H-pyrrole nitrogens is 1. The molecule has 0 saturated heterocycles. The lowest BCUT2D eigenvalue weighted by Gasteiger charge is -2.26. The lowest BCUT2D eigenvalue weighted by Crippen LogP contribution is -2.30. The Labute approximate surface area is 142 Å². The fourth-order valence-corrected chi connectivity index (χ4v) is 3.53. The zero-order valence-corrected chi connectivity index (χ0v) is 13.7. The fourth-order valence-electron chi connectivity index (χ4n) is 3.53. The van der Waals surface area contributed by atoms with Crippen molar-refractivity contribution in [2.75, 3.05) is 19.6 Å². The first kappa shape index (κ1) is 15.0. The summed E-state index contributed by atoms with van der Waals surface area (Å²) in [6, 6.07) is 16.6. The second-order valence-electron chi connectivity index (χ2n) is 6.41. The summed E-state index contributed by atoms with van der Waals surface area (Å²) in [5.74, 6) is 0.326. The maximum absolute atomic E-state index is 9.89. The first-order chi connectivity index (χ1) is 11.8. The van der Waals surface area contributed by atoms with Gasteiger partial charge in [-0.25, -0.2) is 0 Å². The minimum Gasteiger partial charge on any atom is -0.506 e. The number of rotatable bonds is 4. The Morgan fingerprint density at radius 1 is 1.04 bits per heavy atom. The third kappa shape index (κ3) is 2.95. The van der Waals surface area contributed by atoms with Crippen molar-refractivity contribution in [3.8, 4) is 5.75 Å². The van der Waals surface area contributed by atoms with Crippen molar-refractivity contribution in [2.45, 2.75) is 12.8 Å². The largest absolute Gasteiger partial charge is 0.506 e. The quantitative estimate of drug-likeness (QED) is 0.756. The average Bonchev–Trinajstić information content (AvgIpc) is 3.13. The highest BCUT2D eigenvalue weighted by Gasteiger charge is 2.13. The minimum atomic E-state index is 0.326. The van der Waals surface area contributed by atoms with Gasteiger partial charge in [-0.15, -0.1) is 0 Å². The van der Waals surface area contributed by atoms with E-state index in [4.69, 9.17) is 0 Å². The molecule has 0 fully saturated rings. The molecule has 2 N–H and O–H groups in total. The highest BCUT2D eigenvalue weighted by atomic mass is 16.3. The number of benzene rings is 2. The lowest BCUT2D eigenvalue weighted by atomic mass is 9.99. The van der Waals surface area contributed by atoms with Gasteiger partial charge in [-0.1, -0.05) is 42.5 Å². The van der Waals surface area contributed by atoms with E-state index in [2.05, 4.69) is 46.3 Å². The van der Waals surface area contributed by atoms with E-state index in [9.17, 15) is 5.11 Å². The molecule has 3 aromatic rings. The van der Waals surface area contributed by atoms with Crippen LogP contribution in [0.5, 0.6) is 5.75 Å². The van der Waals surface area contributed by atoms with Crippen LogP contribution in [0.4, 0.5) is 0 Å². The number of phenolic OH excluding ortho intramolecular Hbond substituents is 1. The highest BCUT2D eigenvalue weighted by Crippen LogP contribution is 2.27. The van der Waals surface area contributed by atoms with Gasteiger partial charge in [0.05, 0.1) is 5.52 Å². The van der Waals surface area contributed by atoms with Crippen LogP contribution >= 0.6 is 0 Å². The molecule has 3 heteroatoms. The van der Waals surface area contributed by atoms with Crippen molar-refractivity contribution in [3.05, 3.63) is 71.9 Å². The van der Waals surface area contributed by atoms with Crippen LogP contribution in [0.1, 0.15) is 17.5 Å². The molecule has 0 atom stereocenters. The Hall–Kier alpha value is -2.52. The first-order valence-corrected chi connectivity index (χ1v) is 8.56. The van der Waals surface area contributed by atoms with Crippen molar-refractivity contribution in [3.63, 3.8) is 0 Å². The maximum atomic E-state index is 9.89. The fraction of sp³-hybridized carbons (Fsp3) is 0.238. The normalized spacial score (nSPS) is 15.6. The Balaban J connectivity index is 1.41. The summed E-state index contributed by atoms with van der Waals surface area (Å²) in [5.41, 5.74) is 4.95. The van der Waals surface area contributed by atoms with Crippen LogP contribution in [0.15, 0.2) is 60.8 Å².